The van der Waals surface area contributed by atoms with Gasteiger partial charge in [0.2, 0.25) is 0 Å². The van der Waals surface area contributed by atoms with Crippen molar-refractivity contribution >= 4 is 0 Å². The van der Waals surface area contributed by atoms with Crippen molar-refractivity contribution in [3.8, 4) is 0 Å². The van der Waals surface area contributed by atoms with Crippen molar-refractivity contribution in [2.45, 2.75) is 83.7 Å². The van der Waals surface area contributed by atoms with E-state index in [1.54, 1.807) is 0 Å². The van der Waals surface area contributed by atoms with E-state index < -0.39 is 5.79 Å². The molecule has 1 heterocycles. The standard InChI is InChI=1S/C23H36O4/c1-14-15-6-9-23-17(10-15)22(13-25)8-5-7-21(4,12-24)16(22)11-18(23)26-20(2,3)27-19(14)23/h15-19,24-25H,1,5-13H2,2-4H3/t15-,16-,17?,18+,19-,21-,22-,23+/m0/s1. The largest absolute Gasteiger partial charge is 0.396 e. The summed E-state index contributed by atoms with van der Waals surface area (Å²) in [7, 11) is 0. The Morgan fingerprint density at radius 1 is 1.00 bits per heavy atom. The van der Waals surface area contributed by atoms with Gasteiger partial charge in [0.25, 0.3) is 0 Å². The maximum atomic E-state index is 10.8. The first-order valence-electron chi connectivity index (χ1n) is 11.0. The molecule has 0 aromatic heterocycles. The second-order valence-electron chi connectivity index (χ2n) is 11.1. The highest BCUT2D eigenvalue weighted by atomic mass is 16.7. The molecule has 0 aromatic rings. The molecule has 2 bridgehead atoms. The molecule has 6 fully saturated rings. The Balaban J connectivity index is 1.68. The summed E-state index contributed by atoms with van der Waals surface area (Å²) in [6.07, 6.45) is 7.72. The zero-order valence-corrected chi connectivity index (χ0v) is 17.2. The van der Waals surface area contributed by atoms with E-state index in [-0.39, 0.29) is 41.7 Å². The minimum absolute atomic E-state index is 0.0473. The van der Waals surface area contributed by atoms with Gasteiger partial charge >= 0.3 is 0 Å². The molecule has 0 amide bonds. The van der Waals surface area contributed by atoms with Gasteiger partial charge in [-0.25, -0.2) is 0 Å². The zero-order chi connectivity index (χ0) is 19.2. The van der Waals surface area contributed by atoms with Crippen LogP contribution in [-0.4, -0.2) is 41.4 Å². The lowest BCUT2D eigenvalue weighted by Crippen LogP contribution is -2.75. The number of fused-ring (bicyclic) bond motifs is 2. The smallest absolute Gasteiger partial charge is 0.163 e. The fourth-order valence-electron chi connectivity index (χ4n) is 8.47. The summed E-state index contributed by atoms with van der Waals surface area (Å²) in [5.41, 5.74) is 0.982. The Labute approximate surface area is 163 Å². The lowest BCUT2D eigenvalue weighted by atomic mass is 9.35. The fourth-order valence-corrected chi connectivity index (χ4v) is 8.47. The zero-order valence-electron chi connectivity index (χ0n) is 17.2. The summed E-state index contributed by atoms with van der Waals surface area (Å²) in [5.74, 6) is 0.599. The van der Waals surface area contributed by atoms with E-state index in [2.05, 4.69) is 13.5 Å². The van der Waals surface area contributed by atoms with Crippen molar-refractivity contribution < 1.29 is 19.7 Å². The second-order valence-corrected chi connectivity index (χ2v) is 11.1. The van der Waals surface area contributed by atoms with Crippen LogP contribution in [0.2, 0.25) is 0 Å². The topological polar surface area (TPSA) is 58.9 Å². The Bertz CT molecular complexity index is 659. The van der Waals surface area contributed by atoms with Crippen LogP contribution in [0.25, 0.3) is 0 Å². The average Bonchev–Trinajstić information content (AvgIpc) is 2.64. The first-order chi connectivity index (χ1) is 12.7. The van der Waals surface area contributed by atoms with Gasteiger partial charge in [0.15, 0.2) is 5.79 Å². The maximum absolute atomic E-state index is 10.8. The summed E-state index contributed by atoms with van der Waals surface area (Å²) in [6.45, 7) is 11.2. The van der Waals surface area contributed by atoms with Crippen molar-refractivity contribution in [2.75, 3.05) is 13.2 Å². The van der Waals surface area contributed by atoms with Gasteiger partial charge in [-0.3, -0.25) is 0 Å². The number of hydrogen-bond donors (Lipinski definition) is 2. The van der Waals surface area contributed by atoms with Gasteiger partial charge in [0.1, 0.15) is 0 Å². The van der Waals surface area contributed by atoms with Gasteiger partial charge in [-0.2, -0.15) is 0 Å². The molecule has 6 aliphatic rings. The molecule has 8 atom stereocenters. The molecule has 6 rings (SSSR count). The predicted molar refractivity (Wildman–Crippen MR) is 103 cm³/mol. The highest BCUT2D eigenvalue weighted by Crippen LogP contribution is 2.74. The molecule has 4 heteroatoms. The average molecular weight is 377 g/mol. The first-order valence-corrected chi connectivity index (χ1v) is 11.0. The van der Waals surface area contributed by atoms with Crippen LogP contribution in [0.1, 0.15) is 65.7 Å². The Hall–Kier alpha value is -0.420. The van der Waals surface area contributed by atoms with Crippen LogP contribution >= 0.6 is 0 Å². The third-order valence-corrected chi connectivity index (χ3v) is 9.60. The number of hydrogen-bond acceptors (Lipinski definition) is 4. The lowest BCUT2D eigenvalue weighted by molar-refractivity contribution is -0.397. The summed E-state index contributed by atoms with van der Waals surface area (Å²) < 4.78 is 13.2. The molecule has 1 unspecified atom stereocenters. The molecule has 1 spiro atoms. The number of aliphatic hydroxyl groups is 2. The number of ether oxygens (including phenoxy) is 2. The van der Waals surface area contributed by atoms with Gasteiger partial charge in [-0.15, -0.1) is 0 Å². The Kier molecular flexibility index (Phi) is 3.85. The van der Waals surface area contributed by atoms with Crippen LogP contribution in [0.3, 0.4) is 0 Å². The molecule has 0 radical (unpaired) electrons. The lowest BCUT2D eigenvalue weighted by Gasteiger charge is -2.74. The van der Waals surface area contributed by atoms with Gasteiger partial charge in [-0.05, 0) is 81.1 Å². The minimum atomic E-state index is -0.602. The Morgan fingerprint density at radius 2 is 1.78 bits per heavy atom. The van der Waals surface area contributed by atoms with E-state index in [9.17, 15) is 10.2 Å². The van der Waals surface area contributed by atoms with Crippen LogP contribution in [0, 0.1) is 34.0 Å². The number of aliphatic hydroxyl groups excluding tert-OH is 2. The quantitative estimate of drug-likeness (QED) is 0.722. The summed E-state index contributed by atoms with van der Waals surface area (Å²) in [6, 6.07) is 0. The molecule has 0 aromatic carbocycles. The summed E-state index contributed by atoms with van der Waals surface area (Å²) in [4.78, 5) is 0. The van der Waals surface area contributed by atoms with Crippen molar-refractivity contribution in [1.29, 1.82) is 0 Å². The van der Waals surface area contributed by atoms with Crippen LogP contribution < -0.4 is 0 Å². The molecule has 152 valence electrons. The summed E-state index contributed by atoms with van der Waals surface area (Å²) in [5, 5.41) is 21.1. The highest BCUT2D eigenvalue weighted by molar-refractivity contribution is 5.30. The minimum Gasteiger partial charge on any atom is -0.396 e. The molecular formula is C23H36O4. The third kappa shape index (κ3) is 2.14. The third-order valence-electron chi connectivity index (χ3n) is 9.60. The van der Waals surface area contributed by atoms with E-state index >= 15 is 0 Å². The molecule has 5 saturated carbocycles. The Morgan fingerprint density at radius 3 is 2.48 bits per heavy atom. The molecular weight excluding hydrogens is 340 g/mol. The van der Waals surface area contributed by atoms with E-state index in [0.29, 0.717) is 17.8 Å². The highest BCUT2D eigenvalue weighted by Gasteiger charge is 2.73. The van der Waals surface area contributed by atoms with E-state index in [1.807, 2.05) is 13.8 Å². The SMILES string of the molecule is C=C1[C@H]2CC[C@@]34C(C2)[C@]2(CO)CCC[C@@](C)(CO)[C@@H]2C[C@H]3OC(C)(C)O[C@@H]14. The molecule has 1 saturated heterocycles. The van der Waals surface area contributed by atoms with Crippen LogP contribution in [0.4, 0.5) is 0 Å². The van der Waals surface area contributed by atoms with Crippen LogP contribution in [-0.2, 0) is 9.47 Å². The molecule has 5 aliphatic carbocycles. The number of rotatable bonds is 2. The maximum Gasteiger partial charge on any atom is 0.163 e. The van der Waals surface area contributed by atoms with Crippen LogP contribution in [0.5, 0.6) is 0 Å². The summed E-state index contributed by atoms with van der Waals surface area (Å²) >= 11 is 0. The van der Waals surface area contributed by atoms with E-state index in [1.165, 1.54) is 12.0 Å². The van der Waals surface area contributed by atoms with E-state index in [4.69, 9.17) is 9.47 Å². The van der Waals surface area contributed by atoms with Crippen molar-refractivity contribution in [1.82, 2.24) is 0 Å². The van der Waals surface area contributed by atoms with Gasteiger partial charge in [0.05, 0.1) is 12.2 Å². The molecule has 4 nitrogen and oxygen atoms in total. The fraction of sp³-hybridized carbons (Fsp3) is 0.913. The molecule has 27 heavy (non-hydrogen) atoms. The van der Waals surface area contributed by atoms with Crippen molar-refractivity contribution in [3.05, 3.63) is 12.2 Å². The van der Waals surface area contributed by atoms with Crippen LogP contribution in [0.15, 0.2) is 12.2 Å². The normalized spacial score (nSPS) is 55.7. The van der Waals surface area contributed by atoms with Gasteiger partial charge in [0, 0.05) is 24.0 Å². The van der Waals surface area contributed by atoms with E-state index in [0.717, 1.165) is 38.5 Å². The molecule has 2 N–H and O–H groups in total. The van der Waals surface area contributed by atoms with Crippen molar-refractivity contribution in [3.63, 3.8) is 0 Å². The first kappa shape index (κ1) is 18.6. The monoisotopic (exact) mass is 376 g/mol. The van der Waals surface area contributed by atoms with Gasteiger partial charge < -0.3 is 19.7 Å². The molecule has 1 aliphatic heterocycles. The second kappa shape index (κ2) is 5.59. The van der Waals surface area contributed by atoms with Crippen molar-refractivity contribution in [2.24, 2.45) is 34.0 Å². The predicted octanol–water partition coefficient (Wildman–Crippen LogP) is 3.66. The van der Waals surface area contributed by atoms with Gasteiger partial charge in [-0.1, -0.05) is 19.9 Å².